The van der Waals surface area contributed by atoms with E-state index >= 15 is 0 Å². The highest BCUT2D eigenvalue weighted by Crippen LogP contribution is 2.36. The van der Waals surface area contributed by atoms with Crippen LogP contribution in [0.2, 0.25) is 0 Å². The van der Waals surface area contributed by atoms with E-state index in [2.05, 4.69) is 37.5 Å². The lowest BCUT2D eigenvalue weighted by Crippen LogP contribution is -2.54. The Bertz CT molecular complexity index is 2620. The lowest BCUT2D eigenvalue weighted by molar-refractivity contribution is -0.138. The van der Waals surface area contributed by atoms with Crippen molar-refractivity contribution in [1.29, 1.82) is 0 Å². The molecule has 0 bridgehead atoms. The predicted octanol–water partition coefficient (Wildman–Crippen LogP) is 7.02. The maximum atomic E-state index is 13.6. The summed E-state index contributed by atoms with van der Waals surface area (Å²) >= 11 is 0. The number of imide groups is 2. The van der Waals surface area contributed by atoms with E-state index in [0.29, 0.717) is 53.7 Å². The van der Waals surface area contributed by atoms with E-state index in [9.17, 15) is 37.1 Å². The molecule has 64 heavy (non-hydrogen) atoms. The van der Waals surface area contributed by atoms with Crippen LogP contribution in [0, 0.1) is 5.92 Å². The van der Waals surface area contributed by atoms with Crippen molar-refractivity contribution in [2.75, 3.05) is 50.7 Å². The molecule has 3 saturated heterocycles. The van der Waals surface area contributed by atoms with Crippen LogP contribution in [-0.2, 0) is 28.9 Å². The number of halogens is 3. The van der Waals surface area contributed by atoms with Crippen LogP contribution >= 0.6 is 0 Å². The molecule has 15 heteroatoms. The highest BCUT2D eigenvalue weighted by molar-refractivity contribution is 6.25. The number of piperidine rings is 2. The fourth-order valence-corrected chi connectivity index (χ4v) is 9.33. The SMILES string of the molecule is O=C1CCC(N2C(=O)c3cccc(N4CCN(CC5CCN(Cc6cccc(CNC(=O)c7ccc8c(Oc9ccc(C(F)(F)F)cc9)cccc8c7)c6)CC5)CC4)c3C2=O)C(=O)N1. The van der Waals surface area contributed by atoms with E-state index in [1.807, 2.05) is 24.3 Å². The van der Waals surface area contributed by atoms with Crippen LogP contribution in [-0.4, -0.2) is 96.1 Å². The molecule has 1 atom stereocenters. The number of piperazine rings is 1. The summed E-state index contributed by atoms with van der Waals surface area (Å²) in [5.74, 6) is -0.902. The smallest absolute Gasteiger partial charge is 0.416 e. The third-order valence-electron chi connectivity index (χ3n) is 12.7. The van der Waals surface area contributed by atoms with Gasteiger partial charge in [0.25, 0.3) is 17.7 Å². The number of nitrogens with zero attached hydrogens (tertiary/aromatic N) is 4. The zero-order valence-corrected chi connectivity index (χ0v) is 35.0. The van der Waals surface area contributed by atoms with Crippen molar-refractivity contribution in [3.63, 3.8) is 0 Å². The Hall–Kier alpha value is -6.58. The van der Waals surface area contributed by atoms with Crippen molar-refractivity contribution in [2.24, 2.45) is 5.92 Å². The van der Waals surface area contributed by atoms with E-state index in [0.717, 1.165) is 85.5 Å². The lowest BCUT2D eigenvalue weighted by Gasteiger charge is -2.40. The van der Waals surface area contributed by atoms with E-state index in [-0.39, 0.29) is 24.5 Å². The minimum Gasteiger partial charge on any atom is -0.457 e. The van der Waals surface area contributed by atoms with Crippen LogP contribution in [0.1, 0.15) is 73.4 Å². The molecule has 0 spiro atoms. The topological polar surface area (TPSA) is 132 Å². The van der Waals surface area contributed by atoms with Gasteiger partial charge in [-0.05, 0) is 115 Å². The highest BCUT2D eigenvalue weighted by Gasteiger charge is 2.46. The number of benzene rings is 5. The largest absolute Gasteiger partial charge is 0.457 e. The second kappa shape index (κ2) is 17.9. The minimum absolute atomic E-state index is 0.0790. The number of alkyl halides is 3. The summed E-state index contributed by atoms with van der Waals surface area (Å²) < 4.78 is 44.9. The minimum atomic E-state index is -4.43. The Kier molecular flexibility index (Phi) is 11.9. The number of ether oxygens (including phenoxy) is 1. The van der Waals surface area contributed by atoms with Gasteiger partial charge in [-0.25, -0.2) is 0 Å². The maximum absolute atomic E-state index is 13.6. The van der Waals surface area contributed by atoms with Crippen LogP contribution in [0.25, 0.3) is 10.8 Å². The molecule has 5 aromatic carbocycles. The van der Waals surface area contributed by atoms with Crippen molar-refractivity contribution in [2.45, 2.75) is 51.0 Å². The average molecular weight is 873 g/mol. The molecule has 0 radical (unpaired) electrons. The van der Waals surface area contributed by atoms with Gasteiger partial charge in [-0.15, -0.1) is 0 Å². The van der Waals surface area contributed by atoms with Crippen molar-refractivity contribution < 1.29 is 41.9 Å². The summed E-state index contributed by atoms with van der Waals surface area (Å²) in [6.07, 6.45) is -2.06. The van der Waals surface area contributed by atoms with Crippen LogP contribution in [0.4, 0.5) is 18.9 Å². The summed E-state index contributed by atoms with van der Waals surface area (Å²) in [7, 11) is 0. The molecule has 330 valence electrons. The molecule has 2 N–H and O–H groups in total. The Balaban J connectivity index is 0.727. The van der Waals surface area contributed by atoms with E-state index in [1.165, 1.54) is 17.7 Å². The quantitative estimate of drug-likeness (QED) is 0.135. The molecular formula is C49H47F3N6O6. The number of rotatable bonds is 11. The van der Waals surface area contributed by atoms with Gasteiger partial charge in [-0.1, -0.05) is 42.5 Å². The molecular weight excluding hydrogens is 826 g/mol. The molecule has 0 aromatic heterocycles. The summed E-state index contributed by atoms with van der Waals surface area (Å²) in [5, 5.41) is 6.78. The molecule has 3 fully saturated rings. The molecule has 4 aliphatic heterocycles. The molecule has 4 heterocycles. The van der Waals surface area contributed by atoms with Gasteiger partial charge in [0.1, 0.15) is 17.5 Å². The third-order valence-corrected chi connectivity index (χ3v) is 12.7. The Labute approximate surface area is 367 Å². The van der Waals surface area contributed by atoms with Crippen LogP contribution in [0.3, 0.4) is 0 Å². The van der Waals surface area contributed by atoms with Crippen molar-refractivity contribution >= 4 is 46.0 Å². The van der Waals surface area contributed by atoms with Gasteiger partial charge >= 0.3 is 6.18 Å². The van der Waals surface area contributed by atoms with Gasteiger partial charge in [-0.3, -0.25) is 44.0 Å². The summed E-state index contributed by atoms with van der Waals surface area (Å²) in [6, 6.07) is 27.7. The van der Waals surface area contributed by atoms with Gasteiger partial charge in [0.05, 0.1) is 22.4 Å². The van der Waals surface area contributed by atoms with E-state index in [1.54, 1.807) is 42.5 Å². The Morgan fingerprint density at radius 1 is 0.750 bits per heavy atom. The fourth-order valence-electron chi connectivity index (χ4n) is 9.33. The maximum Gasteiger partial charge on any atom is 0.416 e. The standard InChI is InChI=1S/C49H47F3N6O6/c50-49(51,52)36-11-13-37(14-12-36)64-42-9-2-6-34-27-35(10-15-38(34)42)45(60)53-28-32-4-1-5-33(26-32)30-55-20-18-31(19-21-55)29-56-22-24-57(25-23-56)40-8-3-7-39-44(40)48(63)58(47(39)62)41-16-17-43(59)54-46(41)61/h1-15,26-27,31,41H,16-25,28-30H2,(H,53,60)(H,54,59,61). The first-order chi connectivity index (χ1) is 30.9. The normalized spacial score (nSPS) is 19.0. The zero-order chi connectivity index (χ0) is 44.5. The second-order valence-electron chi connectivity index (χ2n) is 17.0. The van der Waals surface area contributed by atoms with E-state index in [4.69, 9.17) is 4.74 Å². The number of anilines is 1. The zero-order valence-electron chi connectivity index (χ0n) is 35.0. The van der Waals surface area contributed by atoms with Crippen LogP contribution < -0.4 is 20.3 Å². The molecule has 0 saturated carbocycles. The van der Waals surface area contributed by atoms with Gasteiger partial charge in [-0.2, -0.15) is 13.2 Å². The number of likely N-dealkylation sites (tertiary alicyclic amines) is 1. The monoisotopic (exact) mass is 872 g/mol. The first-order valence-corrected chi connectivity index (χ1v) is 21.7. The molecule has 5 amide bonds. The predicted molar refractivity (Wildman–Crippen MR) is 233 cm³/mol. The van der Waals surface area contributed by atoms with Gasteiger partial charge in [0, 0.05) is 63.2 Å². The van der Waals surface area contributed by atoms with Gasteiger partial charge in [0.2, 0.25) is 11.8 Å². The second-order valence-corrected chi connectivity index (χ2v) is 17.0. The number of fused-ring (bicyclic) bond motifs is 2. The number of hydrogen-bond acceptors (Lipinski definition) is 9. The molecule has 1 unspecified atom stereocenters. The molecule has 9 rings (SSSR count). The van der Waals surface area contributed by atoms with Gasteiger partial charge < -0.3 is 15.0 Å². The molecule has 0 aliphatic carbocycles. The van der Waals surface area contributed by atoms with Crippen LogP contribution in [0.5, 0.6) is 11.5 Å². The number of carbonyl (C=O) groups excluding carboxylic acids is 5. The third kappa shape index (κ3) is 9.08. The molecule has 5 aromatic rings. The van der Waals surface area contributed by atoms with Crippen molar-refractivity contribution in [3.8, 4) is 11.5 Å². The summed E-state index contributed by atoms with van der Waals surface area (Å²) in [4.78, 5) is 72.7. The number of hydrogen-bond donors (Lipinski definition) is 2. The number of carbonyl (C=O) groups is 5. The van der Waals surface area contributed by atoms with E-state index < -0.39 is 41.4 Å². The number of amides is 5. The first-order valence-electron chi connectivity index (χ1n) is 21.7. The van der Waals surface area contributed by atoms with Gasteiger partial charge in [0.15, 0.2) is 0 Å². The Morgan fingerprint density at radius 2 is 1.48 bits per heavy atom. The summed E-state index contributed by atoms with van der Waals surface area (Å²) in [6.45, 7) is 7.23. The lowest BCUT2D eigenvalue weighted by atomic mass is 9.95. The van der Waals surface area contributed by atoms with Crippen molar-refractivity contribution in [1.82, 2.24) is 25.3 Å². The van der Waals surface area contributed by atoms with Crippen molar-refractivity contribution in [3.05, 3.63) is 137 Å². The van der Waals surface area contributed by atoms with Crippen LogP contribution in [0.15, 0.2) is 103 Å². The molecule has 12 nitrogen and oxygen atoms in total. The fraction of sp³-hybridized carbons (Fsp3) is 0.327. The Morgan fingerprint density at radius 3 is 2.23 bits per heavy atom. The first kappa shape index (κ1) is 42.7. The highest BCUT2D eigenvalue weighted by atomic mass is 19.4. The average Bonchev–Trinajstić information content (AvgIpc) is 3.54. The number of nitrogens with one attached hydrogen (secondary N) is 2. The summed E-state index contributed by atoms with van der Waals surface area (Å²) in [5.41, 5.74) is 3.25. The molecule has 4 aliphatic rings.